The summed E-state index contributed by atoms with van der Waals surface area (Å²) in [4.78, 5) is 0. The summed E-state index contributed by atoms with van der Waals surface area (Å²) in [6, 6.07) is 6.99. The van der Waals surface area contributed by atoms with Gasteiger partial charge >= 0.3 is 0 Å². The molecular formula is C11H16BrN. The van der Waals surface area contributed by atoms with E-state index in [0.29, 0.717) is 6.04 Å². The molecule has 0 saturated heterocycles. The van der Waals surface area contributed by atoms with Crippen LogP contribution in [0.5, 0.6) is 0 Å². The van der Waals surface area contributed by atoms with Crippen molar-refractivity contribution in [3.63, 3.8) is 0 Å². The quantitative estimate of drug-likeness (QED) is 0.856. The Morgan fingerprint density at radius 1 is 1.46 bits per heavy atom. The average molecular weight is 242 g/mol. The van der Waals surface area contributed by atoms with Gasteiger partial charge in [-0.25, -0.2) is 0 Å². The highest BCUT2D eigenvalue weighted by Gasteiger charge is 2.06. The van der Waals surface area contributed by atoms with Gasteiger partial charge in [0.1, 0.15) is 0 Å². The number of rotatable bonds is 3. The zero-order valence-electron chi connectivity index (χ0n) is 8.39. The standard InChI is InChI=1S/C11H16BrN/c1-4-11(13-3)9-5-6-10(12)8(2)7-9/h5-7,11,13H,4H2,1-3H3. The number of benzene rings is 1. The number of hydrogen-bond donors (Lipinski definition) is 1. The molecule has 0 saturated carbocycles. The van der Waals surface area contributed by atoms with E-state index in [4.69, 9.17) is 0 Å². The molecule has 2 heteroatoms. The van der Waals surface area contributed by atoms with Crippen molar-refractivity contribution < 1.29 is 0 Å². The van der Waals surface area contributed by atoms with Gasteiger partial charge in [-0.05, 0) is 37.6 Å². The first-order chi connectivity index (χ1) is 6.19. The van der Waals surface area contributed by atoms with E-state index in [0.717, 1.165) is 6.42 Å². The van der Waals surface area contributed by atoms with E-state index in [-0.39, 0.29) is 0 Å². The summed E-state index contributed by atoms with van der Waals surface area (Å²) < 4.78 is 1.18. The largest absolute Gasteiger partial charge is 0.313 e. The van der Waals surface area contributed by atoms with Crippen LogP contribution in [0.25, 0.3) is 0 Å². The second-order valence-corrected chi connectivity index (χ2v) is 4.11. The zero-order chi connectivity index (χ0) is 9.84. The summed E-state index contributed by atoms with van der Waals surface area (Å²) >= 11 is 3.50. The van der Waals surface area contributed by atoms with Crippen LogP contribution in [-0.4, -0.2) is 7.05 Å². The molecule has 0 heterocycles. The lowest BCUT2D eigenvalue weighted by molar-refractivity contribution is 0.576. The molecule has 0 radical (unpaired) electrons. The summed E-state index contributed by atoms with van der Waals surface area (Å²) in [5.41, 5.74) is 2.66. The maximum atomic E-state index is 3.50. The molecule has 1 unspecified atom stereocenters. The van der Waals surface area contributed by atoms with E-state index in [1.54, 1.807) is 0 Å². The minimum absolute atomic E-state index is 0.479. The van der Waals surface area contributed by atoms with Crippen LogP contribution in [0.15, 0.2) is 22.7 Å². The van der Waals surface area contributed by atoms with Gasteiger partial charge in [-0.3, -0.25) is 0 Å². The Morgan fingerprint density at radius 2 is 2.15 bits per heavy atom. The molecule has 0 fully saturated rings. The first kappa shape index (κ1) is 10.7. The van der Waals surface area contributed by atoms with Gasteiger partial charge in [0.05, 0.1) is 0 Å². The Bertz CT molecular complexity index is 279. The number of nitrogens with one attached hydrogen (secondary N) is 1. The lowest BCUT2D eigenvalue weighted by Gasteiger charge is -2.15. The third-order valence-corrected chi connectivity index (χ3v) is 3.23. The van der Waals surface area contributed by atoms with Crippen molar-refractivity contribution in [2.24, 2.45) is 0 Å². The third kappa shape index (κ3) is 2.55. The molecule has 1 aromatic rings. The minimum Gasteiger partial charge on any atom is -0.313 e. The van der Waals surface area contributed by atoms with Crippen LogP contribution in [0.2, 0.25) is 0 Å². The molecule has 0 aliphatic carbocycles. The van der Waals surface area contributed by atoms with E-state index < -0.39 is 0 Å². The lowest BCUT2D eigenvalue weighted by Crippen LogP contribution is -2.15. The number of halogens is 1. The normalized spacial score (nSPS) is 12.9. The average Bonchev–Trinajstić information content (AvgIpc) is 2.13. The van der Waals surface area contributed by atoms with E-state index in [2.05, 4.69) is 53.3 Å². The molecule has 0 aromatic heterocycles. The maximum Gasteiger partial charge on any atom is 0.0314 e. The molecule has 1 N–H and O–H groups in total. The number of hydrogen-bond acceptors (Lipinski definition) is 1. The van der Waals surface area contributed by atoms with Gasteiger partial charge in [-0.15, -0.1) is 0 Å². The van der Waals surface area contributed by atoms with Gasteiger partial charge in [0.25, 0.3) is 0 Å². The predicted molar refractivity (Wildman–Crippen MR) is 61.0 cm³/mol. The highest BCUT2D eigenvalue weighted by Crippen LogP contribution is 2.22. The Hall–Kier alpha value is -0.340. The van der Waals surface area contributed by atoms with Crippen LogP contribution in [0.4, 0.5) is 0 Å². The smallest absolute Gasteiger partial charge is 0.0314 e. The van der Waals surface area contributed by atoms with Gasteiger partial charge in [0.15, 0.2) is 0 Å². The monoisotopic (exact) mass is 241 g/mol. The Labute approximate surface area is 88.7 Å². The summed E-state index contributed by atoms with van der Waals surface area (Å²) in [7, 11) is 2.01. The maximum absolute atomic E-state index is 3.50. The fraction of sp³-hybridized carbons (Fsp3) is 0.455. The number of aryl methyl sites for hydroxylation is 1. The fourth-order valence-electron chi connectivity index (χ4n) is 1.49. The highest BCUT2D eigenvalue weighted by molar-refractivity contribution is 9.10. The van der Waals surface area contributed by atoms with Crippen LogP contribution in [-0.2, 0) is 0 Å². The minimum atomic E-state index is 0.479. The fourth-order valence-corrected chi connectivity index (χ4v) is 1.74. The molecule has 1 rings (SSSR count). The van der Waals surface area contributed by atoms with Crippen LogP contribution in [0.1, 0.15) is 30.5 Å². The van der Waals surface area contributed by atoms with Crippen LogP contribution < -0.4 is 5.32 Å². The van der Waals surface area contributed by atoms with Crippen LogP contribution in [0, 0.1) is 6.92 Å². The molecule has 13 heavy (non-hydrogen) atoms. The van der Waals surface area contributed by atoms with Crippen molar-refractivity contribution in [2.75, 3.05) is 7.05 Å². The summed E-state index contributed by atoms with van der Waals surface area (Å²) in [6.07, 6.45) is 1.12. The molecule has 0 bridgehead atoms. The molecule has 0 aliphatic rings. The van der Waals surface area contributed by atoms with E-state index in [1.165, 1.54) is 15.6 Å². The molecular weight excluding hydrogens is 226 g/mol. The van der Waals surface area contributed by atoms with Crippen molar-refractivity contribution in [1.82, 2.24) is 5.32 Å². The zero-order valence-corrected chi connectivity index (χ0v) is 9.98. The molecule has 72 valence electrons. The van der Waals surface area contributed by atoms with Crippen molar-refractivity contribution in [3.8, 4) is 0 Å². The molecule has 1 atom stereocenters. The van der Waals surface area contributed by atoms with Crippen molar-refractivity contribution >= 4 is 15.9 Å². The highest BCUT2D eigenvalue weighted by atomic mass is 79.9. The van der Waals surface area contributed by atoms with E-state index in [1.807, 2.05) is 7.05 Å². The first-order valence-electron chi connectivity index (χ1n) is 4.62. The van der Waals surface area contributed by atoms with Gasteiger partial charge in [-0.2, -0.15) is 0 Å². The Morgan fingerprint density at radius 3 is 2.62 bits per heavy atom. The van der Waals surface area contributed by atoms with Crippen molar-refractivity contribution in [2.45, 2.75) is 26.3 Å². The predicted octanol–water partition coefficient (Wildman–Crippen LogP) is 3.43. The second kappa shape index (κ2) is 4.77. The molecule has 0 spiro atoms. The summed E-state index contributed by atoms with van der Waals surface area (Å²) in [5, 5.41) is 3.30. The summed E-state index contributed by atoms with van der Waals surface area (Å²) in [5.74, 6) is 0. The SMILES string of the molecule is CCC(NC)c1ccc(Br)c(C)c1. The van der Waals surface area contributed by atoms with E-state index in [9.17, 15) is 0 Å². The van der Waals surface area contributed by atoms with Gasteiger partial charge < -0.3 is 5.32 Å². The Balaban J connectivity index is 2.95. The Kier molecular flexibility index (Phi) is 3.94. The first-order valence-corrected chi connectivity index (χ1v) is 5.41. The second-order valence-electron chi connectivity index (χ2n) is 3.26. The molecule has 1 nitrogen and oxygen atoms in total. The third-order valence-electron chi connectivity index (χ3n) is 2.34. The van der Waals surface area contributed by atoms with Crippen molar-refractivity contribution in [3.05, 3.63) is 33.8 Å². The van der Waals surface area contributed by atoms with E-state index >= 15 is 0 Å². The van der Waals surface area contributed by atoms with Gasteiger partial charge in [-0.1, -0.05) is 35.0 Å². The van der Waals surface area contributed by atoms with Crippen LogP contribution in [0.3, 0.4) is 0 Å². The molecule has 1 aromatic carbocycles. The topological polar surface area (TPSA) is 12.0 Å². The summed E-state index contributed by atoms with van der Waals surface area (Å²) in [6.45, 7) is 4.31. The van der Waals surface area contributed by atoms with Gasteiger partial charge in [0.2, 0.25) is 0 Å². The molecule has 0 amide bonds. The van der Waals surface area contributed by atoms with Gasteiger partial charge in [0, 0.05) is 10.5 Å². The molecule has 0 aliphatic heterocycles. The lowest BCUT2D eigenvalue weighted by atomic mass is 10.0. The van der Waals surface area contributed by atoms with Crippen LogP contribution >= 0.6 is 15.9 Å². The van der Waals surface area contributed by atoms with Crippen molar-refractivity contribution in [1.29, 1.82) is 0 Å².